The first-order valence-corrected chi connectivity index (χ1v) is 9.18. The van der Waals surface area contributed by atoms with Gasteiger partial charge in [-0.1, -0.05) is 23.7 Å². The predicted octanol–water partition coefficient (Wildman–Crippen LogP) is 4.62. The van der Waals surface area contributed by atoms with Crippen LogP contribution in [0.1, 0.15) is 40.7 Å². The fourth-order valence-corrected chi connectivity index (χ4v) is 3.30. The predicted molar refractivity (Wildman–Crippen MR) is 102 cm³/mol. The molecule has 3 rings (SSSR count). The molecule has 1 aromatic heterocycles. The first kappa shape index (κ1) is 19.5. The van der Waals surface area contributed by atoms with Crippen LogP contribution in [0, 0.1) is 13.8 Å². The molecule has 2 aromatic rings. The van der Waals surface area contributed by atoms with Crippen LogP contribution < -0.4 is 10.2 Å². The summed E-state index contributed by atoms with van der Waals surface area (Å²) in [5.41, 5.74) is 2.38. The zero-order valence-corrected chi connectivity index (χ0v) is 16.0. The summed E-state index contributed by atoms with van der Waals surface area (Å²) < 4.78 is 27.4. The maximum absolute atomic E-state index is 13.7. The number of benzene rings is 1. The van der Waals surface area contributed by atoms with Gasteiger partial charge in [0.2, 0.25) is 5.92 Å². The molecule has 0 atom stereocenters. The summed E-state index contributed by atoms with van der Waals surface area (Å²) in [6.07, 6.45) is -0.140. The third-order valence-electron chi connectivity index (χ3n) is 4.66. The number of amides is 1. The number of anilines is 2. The second-order valence-electron chi connectivity index (χ2n) is 6.83. The van der Waals surface area contributed by atoms with E-state index in [0.717, 1.165) is 5.56 Å². The standard InChI is InChI=1S/C19H21ClF2N4O/c1-12-5-3-6-14(11-12)23-18(27)15-13(2)16(20)24-25-17(15)26-9-4-7-19(21,22)8-10-26/h3,5-6,11H,4,7-10H2,1-2H3,(H,23,27). The molecule has 1 amide bonds. The van der Waals surface area contributed by atoms with Crippen molar-refractivity contribution in [2.24, 2.45) is 0 Å². The van der Waals surface area contributed by atoms with Crippen molar-refractivity contribution in [1.29, 1.82) is 0 Å². The molecule has 1 N–H and O–H groups in total. The Bertz CT molecular complexity index is 860. The van der Waals surface area contributed by atoms with Crippen LogP contribution >= 0.6 is 11.6 Å². The number of nitrogens with zero attached hydrogens (tertiary/aromatic N) is 3. The normalized spacial score (nSPS) is 16.7. The van der Waals surface area contributed by atoms with E-state index in [1.54, 1.807) is 17.9 Å². The minimum atomic E-state index is -2.70. The molecule has 1 saturated heterocycles. The number of hydrogen-bond acceptors (Lipinski definition) is 4. The fourth-order valence-electron chi connectivity index (χ4n) is 3.17. The summed E-state index contributed by atoms with van der Waals surface area (Å²) in [4.78, 5) is 14.7. The molecule has 27 heavy (non-hydrogen) atoms. The fraction of sp³-hybridized carbons (Fsp3) is 0.421. The second-order valence-corrected chi connectivity index (χ2v) is 7.19. The van der Waals surface area contributed by atoms with Gasteiger partial charge < -0.3 is 10.2 Å². The SMILES string of the molecule is Cc1cccc(NC(=O)c2c(N3CCCC(F)(F)CC3)nnc(Cl)c2C)c1. The molecule has 1 aliphatic heterocycles. The van der Waals surface area contributed by atoms with Crippen molar-refractivity contribution in [3.63, 3.8) is 0 Å². The third-order valence-corrected chi connectivity index (χ3v) is 5.02. The summed E-state index contributed by atoms with van der Waals surface area (Å²) in [6.45, 7) is 4.09. The Morgan fingerprint density at radius 2 is 2.00 bits per heavy atom. The number of aryl methyl sites for hydroxylation is 1. The number of alkyl halides is 2. The maximum atomic E-state index is 13.7. The Morgan fingerprint density at radius 3 is 2.74 bits per heavy atom. The average Bonchev–Trinajstić information content (AvgIpc) is 2.77. The molecule has 2 heterocycles. The number of nitrogens with one attached hydrogen (secondary N) is 1. The van der Waals surface area contributed by atoms with E-state index in [1.807, 2.05) is 25.1 Å². The number of carbonyl (C=O) groups is 1. The van der Waals surface area contributed by atoms with E-state index in [9.17, 15) is 13.6 Å². The molecule has 0 unspecified atom stereocenters. The minimum Gasteiger partial charge on any atom is -0.354 e. The highest BCUT2D eigenvalue weighted by Gasteiger charge is 2.33. The lowest BCUT2D eigenvalue weighted by atomic mass is 10.1. The van der Waals surface area contributed by atoms with Crippen LogP contribution in [0.4, 0.5) is 20.3 Å². The van der Waals surface area contributed by atoms with E-state index in [1.165, 1.54) is 0 Å². The Kier molecular flexibility index (Phi) is 5.60. The van der Waals surface area contributed by atoms with E-state index in [2.05, 4.69) is 15.5 Å². The van der Waals surface area contributed by atoms with E-state index >= 15 is 0 Å². The smallest absolute Gasteiger partial charge is 0.259 e. The van der Waals surface area contributed by atoms with Gasteiger partial charge in [-0.25, -0.2) is 8.78 Å². The summed E-state index contributed by atoms with van der Waals surface area (Å²) in [5, 5.41) is 10.9. The molecule has 0 bridgehead atoms. The molecule has 0 radical (unpaired) electrons. The molecule has 144 valence electrons. The van der Waals surface area contributed by atoms with E-state index < -0.39 is 5.92 Å². The van der Waals surface area contributed by atoms with Crippen molar-refractivity contribution < 1.29 is 13.6 Å². The first-order valence-electron chi connectivity index (χ1n) is 8.80. The van der Waals surface area contributed by atoms with Crippen molar-refractivity contribution >= 4 is 29.0 Å². The van der Waals surface area contributed by atoms with Crippen molar-refractivity contribution in [3.8, 4) is 0 Å². The number of hydrogen-bond donors (Lipinski definition) is 1. The minimum absolute atomic E-state index is 0.105. The summed E-state index contributed by atoms with van der Waals surface area (Å²) in [5.74, 6) is -2.80. The highest BCUT2D eigenvalue weighted by Crippen LogP contribution is 2.32. The molecule has 0 saturated carbocycles. The Hall–Kier alpha value is -2.28. The zero-order valence-electron chi connectivity index (χ0n) is 15.2. The van der Waals surface area contributed by atoms with Crippen LogP contribution in [-0.2, 0) is 0 Å². The molecule has 0 aliphatic carbocycles. The summed E-state index contributed by atoms with van der Waals surface area (Å²) in [7, 11) is 0. The van der Waals surface area contributed by atoms with E-state index in [-0.39, 0.29) is 36.0 Å². The third kappa shape index (κ3) is 4.53. The number of aromatic nitrogens is 2. The summed E-state index contributed by atoms with van der Waals surface area (Å²) >= 11 is 6.08. The quantitative estimate of drug-likeness (QED) is 0.824. The highest BCUT2D eigenvalue weighted by molar-refractivity contribution is 6.30. The van der Waals surface area contributed by atoms with Crippen LogP contribution in [0.25, 0.3) is 0 Å². The van der Waals surface area contributed by atoms with Gasteiger partial charge in [0.05, 0.1) is 5.56 Å². The van der Waals surface area contributed by atoms with Gasteiger partial charge in [-0.05, 0) is 38.0 Å². The Balaban J connectivity index is 1.94. The van der Waals surface area contributed by atoms with Gasteiger partial charge in [0.25, 0.3) is 5.91 Å². The van der Waals surface area contributed by atoms with Gasteiger partial charge in [0.15, 0.2) is 11.0 Å². The van der Waals surface area contributed by atoms with Crippen LogP contribution in [0.3, 0.4) is 0 Å². The first-order chi connectivity index (χ1) is 12.8. The van der Waals surface area contributed by atoms with Crippen molar-refractivity contribution in [1.82, 2.24) is 10.2 Å². The lowest BCUT2D eigenvalue weighted by Crippen LogP contribution is -2.30. The number of rotatable bonds is 3. The van der Waals surface area contributed by atoms with Gasteiger partial charge >= 0.3 is 0 Å². The molecule has 1 aromatic carbocycles. The highest BCUT2D eigenvalue weighted by atomic mass is 35.5. The number of carbonyl (C=O) groups excluding carboxylic acids is 1. The van der Waals surface area contributed by atoms with Crippen molar-refractivity contribution in [2.45, 2.75) is 39.0 Å². The maximum Gasteiger partial charge on any atom is 0.259 e. The van der Waals surface area contributed by atoms with Gasteiger partial charge in [-0.15, -0.1) is 10.2 Å². The molecule has 1 aliphatic rings. The van der Waals surface area contributed by atoms with Crippen molar-refractivity contribution in [3.05, 3.63) is 46.1 Å². The monoisotopic (exact) mass is 394 g/mol. The molecular formula is C19H21ClF2N4O. The van der Waals surface area contributed by atoms with Crippen LogP contribution in [-0.4, -0.2) is 35.1 Å². The molecule has 5 nitrogen and oxygen atoms in total. The van der Waals surface area contributed by atoms with Crippen LogP contribution in [0.5, 0.6) is 0 Å². The van der Waals surface area contributed by atoms with E-state index in [4.69, 9.17) is 11.6 Å². The topological polar surface area (TPSA) is 58.1 Å². The zero-order chi connectivity index (χ0) is 19.6. The van der Waals surface area contributed by atoms with Crippen LogP contribution in [0.2, 0.25) is 5.15 Å². The van der Waals surface area contributed by atoms with E-state index in [0.29, 0.717) is 30.0 Å². The number of halogens is 3. The van der Waals surface area contributed by atoms with Gasteiger partial charge in [-0.2, -0.15) is 0 Å². The lowest BCUT2D eigenvalue weighted by molar-refractivity contribution is -0.0102. The van der Waals surface area contributed by atoms with Gasteiger partial charge in [-0.3, -0.25) is 4.79 Å². The largest absolute Gasteiger partial charge is 0.354 e. The average molecular weight is 395 g/mol. The lowest BCUT2D eigenvalue weighted by Gasteiger charge is -2.24. The summed E-state index contributed by atoms with van der Waals surface area (Å²) in [6, 6.07) is 7.39. The second kappa shape index (κ2) is 7.76. The Labute approximate surface area is 161 Å². The molecule has 1 fully saturated rings. The Morgan fingerprint density at radius 1 is 1.22 bits per heavy atom. The molecule has 0 spiro atoms. The van der Waals surface area contributed by atoms with Crippen molar-refractivity contribution in [2.75, 3.05) is 23.3 Å². The molecule has 8 heteroatoms. The molecular weight excluding hydrogens is 374 g/mol. The van der Waals surface area contributed by atoms with Crippen LogP contribution in [0.15, 0.2) is 24.3 Å². The van der Waals surface area contributed by atoms with Gasteiger partial charge in [0.1, 0.15) is 0 Å². The van der Waals surface area contributed by atoms with Gasteiger partial charge in [0, 0.05) is 37.2 Å².